The zero-order valence-corrected chi connectivity index (χ0v) is 44.6. The fraction of sp³-hybridized carbons (Fsp3) is 0.0526. The van der Waals surface area contributed by atoms with Crippen molar-refractivity contribution in [3.8, 4) is 77.9 Å². The highest BCUT2D eigenvalue weighted by Crippen LogP contribution is 2.48. The lowest BCUT2D eigenvalue weighted by Gasteiger charge is -2.32. The molecule has 0 heterocycles. The van der Waals surface area contributed by atoms with E-state index in [9.17, 15) is 0 Å². The molecule has 78 heavy (non-hydrogen) atoms. The summed E-state index contributed by atoms with van der Waals surface area (Å²) in [5.41, 5.74) is 28.1. The van der Waals surface area contributed by atoms with Crippen LogP contribution in [-0.2, 0) is 0 Å². The molecule has 0 aromatic heterocycles. The Morgan fingerprint density at radius 1 is 0.192 bits per heavy atom. The molecule has 2 nitrogen and oxygen atoms in total. The van der Waals surface area contributed by atoms with Crippen LogP contribution in [-0.4, -0.2) is 0 Å². The molecule has 0 saturated carbocycles. The topological polar surface area (TPSA) is 6.48 Å². The molecule has 0 amide bonds. The first-order valence-electron chi connectivity index (χ1n) is 27.0. The fourth-order valence-corrected chi connectivity index (χ4v) is 11.2. The molecule has 374 valence electrons. The molecule has 12 aromatic rings. The number of nitrogens with zero attached hydrogens (tertiary/aromatic N) is 2. The van der Waals surface area contributed by atoms with Crippen molar-refractivity contribution in [2.45, 2.75) is 27.7 Å². The molecule has 0 aliphatic heterocycles. The van der Waals surface area contributed by atoms with E-state index in [0.717, 1.165) is 45.3 Å². The third kappa shape index (κ3) is 9.96. The first-order chi connectivity index (χ1) is 38.3. The van der Waals surface area contributed by atoms with Crippen molar-refractivity contribution >= 4 is 34.1 Å². The van der Waals surface area contributed by atoms with Gasteiger partial charge in [0.1, 0.15) is 0 Å². The first kappa shape index (κ1) is 49.1. The summed E-state index contributed by atoms with van der Waals surface area (Å²) in [5, 5.41) is 0. The van der Waals surface area contributed by atoms with Gasteiger partial charge in [-0.05, 0) is 165 Å². The van der Waals surface area contributed by atoms with E-state index in [2.05, 4.69) is 329 Å². The van der Waals surface area contributed by atoms with Crippen LogP contribution in [0.15, 0.2) is 291 Å². The standard InChI is InChI=1S/C76H60N2/c1-53-21-17-35-71(63-41-37-61(38-42-63)57-23-9-5-10-24-57)75(53)77(69-33-19-31-65(51-69)59-27-13-7-14-28-59)73-47-45-67(49-55(73)3)68-46-48-74(56(4)50-68)78(70-34-20-32-66(52-70)60-29-15-8-16-30-60)76-54(2)22-18-36-72(76)64-43-39-62(40-44-64)58-25-11-6-12-26-58/h5-52H,1-4H3. The molecule has 0 aliphatic rings. The summed E-state index contributed by atoms with van der Waals surface area (Å²) in [7, 11) is 0. The number of para-hydroxylation sites is 2. The summed E-state index contributed by atoms with van der Waals surface area (Å²) in [4.78, 5) is 4.96. The summed E-state index contributed by atoms with van der Waals surface area (Å²) in [6, 6.07) is 106. The van der Waals surface area contributed by atoms with Crippen molar-refractivity contribution in [3.05, 3.63) is 313 Å². The van der Waals surface area contributed by atoms with Gasteiger partial charge in [-0.2, -0.15) is 0 Å². The minimum Gasteiger partial charge on any atom is -0.309 e. The number of rotatable bonds is 13. The molecule has 0 unspecified atom stereocenters. The van der Waals surface area contributed by atoms with E-state index in [4.69, 9.17) is 0 Å². The summed E-state index contributed by atoms with van der Waals surface area (Å²) in [6.45, 7) is 8.99. The first-order valence-corrected chi connectivity index (χ1v) is 27.0. The van der Waals surface area contributed by atoms with Crippen LogP contribution in [0.5, 0.6) is 0 Å². The Balaban J connectivity index is 0.959. The highest BCUT2D eigenvalue weighted by molar-refractivity contribution is 5.95. The lowest BCUT2D eigenvalue weighted by atomic mass is 9.94. The molecule has 0 saturated heterocycles. The van der Waals surface area contributed by atoms with E-state index in [1.165, 1.54) is 89.0 Å². The van der Waals surface area contributed by atoms with Crippen molar-refractivity contribution in [1.82, 2.24) is 0 Å². The monoisotopic (exact) mass is 1000 g/mol. The van der Waals surface area contributed by atoms with E-state index in [1.54, 1.807) is 0 Å². The van der Waals surface area contributed by atoms with Crippen LogP contribution in [0.1, 0.15) is 22.3 Å². The van der Waals surface area contributed by atoms with Crippen LogP contribution in [0.2, 0.25) is 0 Å². The minimum absolute atomic E-state index is 1.10. The van der Waals surface area contributed by atoms with Gasteiger partial charge in [-0.25, -0.2) is 0 Å². The second kappa shape index (κ2) is 21.8. The van der Waals surface area contributed by atoms with E-state index in [1.807, 2.05) is 0 Å². The average Bonchev–Trinajstić information content (AvgIpc) is 3.63. The van der Waals surface area contributed by atoms with Crippen LogP contribution in [0, 0.1) is 27.7 Å². The quantitative estimate of drug-likeness (QED) is 0.114. The molecule has 0 aliphatic carbocycles. The second-order valence-corrected chi connectivity index (χ2v) is 20.3. The van der Waals surface area contributed by atoms with Gasteiger partial charge in [-0.1, -0.05) is 243 Å². The molecule has 0 fully saturated rings. The predicted octanol–water partition coefficient (Wildman–Crippen LogP) is 21.5. The Labute approximate surface area is 460 Å². The van der Waals surface area contributed by atoms with Gasteiger partial charge < -0.3 is 9.80 Å². The van der Waals surface area contributed by atoms with Crippen LogP contribution < -0.4 is 9.80 Å². The average molecular weight is 1000 g/mol. The van der Waals surface area contributed by atoms with E-state index in [0.29, 0.717) is 0 Å². The molecule has 12 rings (SSSR count). The van der Waals surface area contributed by atoms with E-state index >= 15 is 0 Å². The van der Waals surface area contributed by atoms with E-state index in [-0.39, 0.29) is 0 Å². The van der Waals surface area contributed by atoms with Crippen LogP contribution in [0.3, 0.4) is 0 Å². The van der Waals surface area contributed by atoms with Gasteiger partial charge in [0.25, 0.3) is 0 Å². The normalized spacial score (nSPS) is 11.1. The molecule has 0 spiro atoms. The number of hydrogen-bond donors (Lipinski definition) is 0. The van der Waals surface area contributed by atoms with Gasteiger partial charge >= 0.3 is 0 Å². The van der Waals surface area contributed by atoms with Crippen molar-refractivity contribution in [3.63, 3.8) is 0 Å². The Hall–Kier alpha value is -9.76. The van der Waals surface area contributed by atoms with Gasteiger partial charge in [-0.3, -0.25) is 0 Å². The maximum atomic E-state index is 2.48. The Kier molecular flexibility index (Phi) is 13.8. The number of aryl methyl sites for hydroxylation is 4. The van der Waals surface area contributed by atoms with Gasteiger partial charge in [0.2, 0.25) is 0 Å². The molecule has 0 atom stereocenters. The Morgan fingerprint density at radius 2 is 0.462 bits per heavy atom. The molecule has 0 bridgehead atoms. The summed E-state index contributed by atoms with van der Waals surface area (Å²) >= 11 is 0. The van der Waals surface area contributed by atoms with Crippen LogP contribution in [0.25, 0.3) is 77.9 Å². The third-order valence-electron chi connectivity index (χ3n) is 15.2. The highest BCUT2D eigenvalue weighted by atomic mass is 15.2. The van der Waals surface area contributed by atoms with Gasteiger partial charge in [0.05, 0.1) is 11.4 Å². The van der Waals surface area contributed by atoms with Crippen molar-refractivity contribution < 1.29 is 0 Å². The van der Waals surface area contributed by atoms with Gasteiger partial charge in [-0.15, -0.1) is 0 Å². The lowest BCUT2D eigenvalue weighted by molar-refractivity contribution is 1.22. The molecule has 0 radical (unpaired) electrons. The fourth-order valence-electron chi connectivity index (χ4n) is 11.2. The largest absolute Gasteiger partial charge is 0.309 e. The van der Waals surface area contributed by atoms with Crippen molar-refractivity contribution in [1.29, 1.82) is 0 Å². The lowest BCUT2D eigenvalue weighted by Crippen LogP contribution is -2.14. The third-order valence-corrected chi connectivity index (χ3v) is 15.2. The van der Waals surface area contributed by atoms with Crippen molar-refractivity contribution in [2.24, 2.45) is 0 Å². The zero-order chi connectivity index (χ0) is 53.0. The van der Waals surface area contributed by atoms with Crippen LogP contribution >= 0.6 is 0 Å². The summed E-state index contributed by atoms with van der Waals surface area (Å²) < 4.78 is 0. The predicted molar refractivity (Wildman–Crippen MR) is 333 cm³/mol. The maximum Gasteiger partial charge on any atom is 0.0569 e. The summed E-state index contributed by atoms with van der Waals surface area (Å²) in [5.74, 6) is 0. The number of hydrogen-bond acceptors (Lipinski definition) is 2. The SMILES string of the molecule is Cc1cc(-c2ccc(N(c3cccc(-c4ccccc4)c3)c3c(C)cccc3-c3ccc(-c4ccccc4)cc3)c(C)c2)ccc1N(c1cccc(-c2ccccc2)c1)c1c(C)cccc1-c1ccc(-c2ccccc2)cc1. The molecule has 0 N–H and O–H groups in total. The smallest absolute Gasteiger partial charge is 0.0569 e. The Morgan fingerprint density at radius 3 is 0.808 bits per heavy atom. The molecular weight excluding hydrogens is 941 g/mol. The second-order valence-electron chi connectivity index (χ2n) is 20.3. The van der Waals surface area contributed by atoms with Crippen molar-refractivity contribution in [2.75, 3.05) is 9.80 Å². The van der Waals surface area contributed by atoms with Gasteiger partial charge in [0.15, 0.2) is 0 Å². The minimum atomic E-state index is 1.10. The Bertz CT molecular complexity index is 3770. The molecular formula is C76H60N2. The zero-order valence-electron chi connectivity index (χ0n) is 44.6. The van der Waals surface area contributed by atoms with E-state index < -0.39 is 0 Å². The highest BCUT2D eigenvalue weighted by Gasteiger charge is 2.24. The maximum absolute atomic E-state index is 2.48. The number of anilines is 6. The number of benzene rings is 12. The molecule has 2 heteroatoms. The van der Waals surface area contributed by atoms with Crippen LogP contribution in [0.4, 0.5) is 34.1 Å². The summed E-state index contributed by atoms with van der Waals surface area (Å²) in [6.07, 6.45) is 0. The van der Waals surface area contributed by atoms with Gasteiger partial charge in [0, 0.05) is 33.9 Å². The molecule has 12 aromatic carbocycles.